The van der Waals surface area contributed by atoms with E-state index in [-0.39, 0.29) is 18.3 Å². The summed E-state index contributed by atoms with van der Waals surface area (Å²) in [6.45, 7) is 0. The molecule has 1 unspecified atom stereocenters. The van der Waals surface area contributed by atoms with Crippen LogP contribution in [0.4, 0.5) is 5.69 Å². The molecule has 176 valence electrons. The zero-order valence-electron chi connectivity index (χ0n) is 19.0. The van der Waals surface area contributed by atoms with Crippen LogP contribution in [-0.4, -0.2) is 33.8 Å². The van der Waals surface area contributed by atoms with Gasteiger partial charge in [-0.05, 0) is 55.0 Å². The number of nitrogens with two attached hydrogens (primary N) is 1. The fraction of sp³-hybridized carbons (Fsp3) is 0.346. The number of carbonyl (C=O) groups is 2. The quantitative estimate of drug-likeness (QED) is 0.279. The molecule has 1 heterocycles. The normalized spacial score (nSPS) is 15.5. The van der Waals surface area contributed by atoms with Crippen LogP contribution in [-0.2, 0) is 9.59 Å². The minimum absolute atomic E-state index is 0.0972. The number of hydrogen-bond donors (Lipinski definition) is 3. The van der Waals surface area contributed by atoms with Gasteiger partial charge < -0.3 is 16.2 Å². The fourth-order valence-electron chi connectivity index (χ4n) is 4.03. The first-order valence-corrected chi connectivity index (χ1v) is 11.4. The van der Waals surface area contributed by atoms with Gasteiger partial charge in [-0.2, -0.15) is 5.26 Å². The predicted octanol–water partition coefficient (Wildman–Crippen LogP) is 3.96. The Kier molecular flexibility index (Phi) is 8.92. The Bertz CT molecular complexity index is 1100. The Balaban J connectivity index is 1.95. The van der Waals surface area contributed by atoms with Gasteiger partial charge in [-0.3, -0.25) is 14.6 Å². The summed E-state index contributed by atoms with van der Waals surface area (Å²) in [4.78, 5) is 31.6. The maximum Gasteiger partial charge on any atom is 0.303 e. The Morgan fingerprint density at radius 2 is 2.03 bits per heavy atom. The molecule has 2 aromatic rings. The number of allylic oxidation sites excluding steroid dienone is 1. The van der Waals surface area contributed by atoms with Crippen molar-refractivity contribution in [1.82, 2.24) is 10.3 Å². The van der Waals surface area contributed by atoms with E-state index in [4.69, 9.17) is 10.8 Å². The van der Waals surface area contributed by atoms with Gasteiger partial charge in [-0.15, -0.1) is 0 Å². The number of carboxylic acids is 1. The van der Waals surface area contributed by atoms with Crippen molar-refractivity contribution in [2.45, 2.75) is 51.0 Å². The summed E-state index contributed by atoms with van der Waals surface area (Å²) in [6.07, 6.45) is 10.8. The van der Waals surface area contributed by atoms with Crippen molar-refractivity contribution in [2.75, 3.05) is 0 Å². The second-order valence-corrected chi connectivity index (χ2v) is 8.28. The van der Waals surface area contributed by atoms with Gasteiger partial charge in [0.15, 0.2) is 5.92 Å². The van der Waals surface area contributed by atoms with Gasteiger partial charge in [0.2, 0.25) is 5.91 Å². The van der Waals surface area contributed by atoms with Crippen LogP contribution >= 0.6 is 0 Å². The lowest BCUT2D eigenvalue weighted by Crippen LogP contribution is -2.42. The molecule has 1 fully saturated rings. The van der Waals surface area contributed by atoms with E-state index < -0.39 is 17.8 Å². The number of nitriles is 1. The fourth-order valence-corrected chi connectivity index (χ4v) is 4.03. The van der Waals surface area contributed by atoms with Crippen molar-refractivity contribution in [1.29, 1.82) is 5.26 Å². The maximum atomic E-state index is 11.9. The zero-order valence-corrected chi connectivity index (χ0v) is 19.0. The number of aromatic nitrogens is 1. The van der Waals surface area contributed by atoms with Crippen LogP contribution < -0.4 is 11.1 Å². The number of primary amides is 1. The number of rotatable bonds is 10. The zero-order chi connectivity index (χ0) is 24.3. The molecule has 1 aromatic heterocycles. The molecule has 34 heavy (non-hydrogen) atoms. The van der Waals surface area contributed by atoms with Crippen molar-refractivity contribution in [3.8, 4) is 6.07 Å². The van der Waals surface area contributed by atoms with Crippen LogP contribution in [0.3, 0.4) is 0 Å². The van der Waals surface area contributed by atoms with E-state index in [0.29, 0.717) is 18.5 Å². The first-order valence-electron chi connectivity index (χ1n) is 11.4. The van der Waals surface area contributed by atoms with Gasteiger partial charge >= 0.3 is 5.97 Å². The first kappa shape index (κ1) is 24.6. The number of carboxylic acid groups (broad SMARTS) is 1. The van der Waals surface area contributed by atoms with Crippen LogP contribution in [0.1, 0.15) is 56.1 Å². The molecule has 3 rings (SSSR count). The molecule has 1 aliphatic rings. The molecular formula is C26H29N5O3. The molecule has 0 bridgehead atoms. The number of nitrogens with one attached hydrogen (secondary N) is 1. The average molecular weight is 460 g/mol. The summed E-state index contributed by atoms with van der Waals surface area (Å²) in [7, 11) is 0. The van der Waals surface area contributed by atoms with Gasteiger partial charge in [-0.25, -0.2) is 4.99 Å². The van der Waals surface area contributed by atoms with Crippen LogP contribution in [0.2, 0.25) is 0 Å². The smallest absolute Gasteiger partial charge is 0.303 e. The number of aliphatic carboxylic acids is 1. The largest absolute Gasteiger partial charge is 0.481 e. The number of carbonyl (C=O) groups excluding carboxylic acids is 1. The Morgan fingerprint density at radius 1 is 1.26 bits per heavy atom. The summed E-state index contributed by atoms with van der Waals surface area (Å²) in [5.74, 6) is -2.45. The molecule has 1 aromatic carbocycles. The highest BCUT2D eigenvalue weighted by Crippen LogP contribution is 2.28. The summed E-state index contributed by atoms with van der Waals surface area (Å²) >= 11 is 0. The van der Waals surface area contributed by atoms with E-state index >= 15 is 0 Å². The highest BCUT2D eigenvalue weighted by Gasteiger charge is 2.26. The molecular weight excluding hydrogens is 430 g/mol. The summed E-state index contributed by atoms with van der Waals surface area (Å²) in [6, 6.07) is 13.4. The molecule has 1 aliphatic carbocycles. The number of benzene rings is 1. The topological polar surface area (TPSA) is 141 Å². The summed E-state index contributed by atoms with van der Waals surface area (Å²) in [5, 5.41) is 21.7. The molecule has 1 saturated carbocycles. The van der Waals surface area contributed by atoms with Crippen molar-refractivity contribution in [3.63, 3.8) is 0 Å². The minimum Gasteiger partial charge on any atom is -0.481 e. The molecule has 8 heteroatoms. The van der Waals surface area contributed by atoms with Crippen LogP contribution in [0, 0.1) is 17.2 Å². The van der Waals surface area contributed by atoms with Crippen LogP contribution in [0.25, 0.3) is 5.57 Å². The maximum absolute atomic E-state index is 11.9. The second-order valence-electron chi connectivity index (χ2n) is 8.28. The number of aliphatic imine (C=N–C) groups is 1. The monoisotopic (exact) mass is 459 g/mol. The van der Waals surface area contributed by atoms with E-state index in [1.807, 2.05) is 42.5 Å². The molecule has 0 radical (unpaired) electrons. The predicted molar refractivity (Wildman–Crippen MR) is 130 cm³/mol. The summed E-state index contributed by atoms with van der Waals surface area (Å²) in [5.41, 5.74) is 8.74. The van der Waals surface area contributed by atoms with Gasteiger partial charge in [0.25, 0.3) is 0 Å². The number of hydrogen-bond acceptors (Lipinski definition) is 5. The Morgan fingerprint density at radius 3 is 2.68 bits per heavy atom. The van der Waals surface area contributed by atoms with Gasteiger partial charge in [0.1, 0.15) is 5.84 Å². The van der Waals surface area contributed by atoms with E-state index in [9.17, 15) is 14.9 Å². The number of unbranched alkanes of at least 4 members (excludes halogenated alkanes) is 1. The van der Waals surface area contributed by atoms with Crippen LogP contribution in [0.15, 0.2) is 59.9 Å². The highest BCUT2D eigenvalue weighted by atomic mass is 16.4. The van der Waals surface area contributed by atoms with Crippen molar-refractivity contribution in [2.24, 2.45) is 16.6 Å². The Hall–Kier alpha value is -3.99. The molecule has 0 aliphatic heterocycles. The third-order valence-electron chi connectivity index (χ3n) is 5.72. The lowest BCUT2D eigenvalue weighted by molar-refractivity contribution is -0.137. The second kappa shape index (κ2) is 12.3. The number of pyridine rings is 1. The molecule has 0 saturated heterocycles. The highest BCUT2D eigenvalue weighted by molar-refractivity contribution is 6.06. The number of amidine groups is 1. The average Bonchev–Trinajstić information content (AvgIpc) is 3.33. The van der Waals surface area contributed by atoms with Crippen LogP contribution in [0.5, 0.6) is 0 Å². The van der Waals surface area contributed by atoms with E-state index in [1.54, 1.807) is 18.5 Å². The van der Waals surface area contributed by atoms with Crippen molar-refractivity contribution < 1.29 is 14.7 Å². The van der Waals surface area contributed by atoms with Gasteiger partial charge in [0, 0.05) is 30.4 Å². The SMILES string of the molecule is N#CC(C(N)=O)C(=Nc1cccc(/C(=C\CCCC(=O)O)c2cccnc2)c1)NC1CCCC1. The van der Waals surface area contributed by atoms with E-state index in [2.05, 4.69) is 15.3 Å². The first-order chi connectivity index (χ1) is 16.5. The molecule has 1 atom stereocenters. The molecule has 8 nitrogen and oxygen atoms in total. The minimum atomic E-state index is -1.16. The third kappa shape index (κ3) is 7.01. The summed E-state index contributed by atoms with van der Waals surface area (Å²) < 4.78 is 0. The van der Waals surface area contributed by atoms with E-state index in [0.717, 1.165) is 42.4 Å². The van der Waals surface area contributed by atoms with Gasteiger partial charge in [0.05, 0.1) is 11.8 Å². The number of nitrogens with zero attached hydrogens (tertiary/aromatic N) is 3. The van der Waals surface area contributed by atoms with Crippen molar-refractivity contribution >= 4 is 29.0 Å². The van der Waals surface area contributed by atoms with Gasteiger partial charge in [-0.1, -0.05) is 37.1 Å². The molecule has 4 N–H and O–H groups in total. The Labute approximate surface area is 199 Å². The lowest BCUT2D eigenvalue weighted by Gasteiger charge is -2.18. The number of amides is 1. The standard InChI is InChI=1S/C26H29N5O3/c27-16-23(25(28)34)26(30-20-9-1-2-10-20)31-21-11-5-7-18(15-21)22(12-3-4-13-24(32)33)19-8-6-14-29-17-19/h5-8,11-12,14-15,17,20,23H,1-4,9-10,13H2,(H2,28,34)(H,30,31)(H,32,33)/b22-12+. The van der Waals surface area contributed by atoms with E-state index in [1.165, 1.54) is 0 Å². The lowest BCUT2D eigenvalue weighted by atomic mass is 9.97. The third-order valence-corrected chi connectivity index (χ3v) is 5.72. The molecule has 0 spiro atoms. The molecule has 1 amide bonds. The van der Waals surface area contributed by atoms with Crippen molar-refractivity contribution in [3.05, 3.63) is 66.0 Å².